The molecule has 0 aliphatic rings. The van der Waals surface area contributed by atoms with Crippen LogP contribution in [0.2, 0.25) is 0 Å². The zero-order chi connectivity index (χ0) is 16.8. The van der Waals surface area contributed by atoms with Gasteiger partial charge in [-0.1, -0.05) is 17.7 Å². The van der Waals surface area contributed by atoms with E-state index < -0.39 is 6.10 Å². The van der Waals surface area contributed by atoms with E-state index in [1.807, 2.05) is 51.1 Å². The second-order valence-electron chi connectivity index (χ2n) is 5.46. The largest absolute Gasteiger partial charge is 0.491 e. The maximum atomic E-state index is 10.1. The van der Waals surface area contributed by atoms with Crippen molar-refractivity contribution in [1.82, 2.24) is 4.98 Å². The van der Waals surface area contributed by atoms with Gasteiger partial charge in [0.15, 0.2) is 0 Å². The lowest BCUT2D eigenvalue weighted by Gasteiger charge is -2.13. The second-order valence-corrected chi connectivity index (χ2v) is 6.47. The molecule has 0 amide bonds. The third-order valence-electron chi connectivity index (χ3n) is 3.30. The van der Waals surface area contributed by atoms with Crippen LogP contribution >= 0.6 is 11.8 Å². The molecular formula is C18H20N2O2S. The lowest BCUT2D eigenvalue weighted by Crippen LogP contribution is -2.20. The molecule has 1 aromatic heterocycles. The zero-order valence-electron chi connectivity index (χ0n) is 13.5. The summed E-state index contributed by atoms with van der Waals surface area (Å²) in [4.78, 5) is 4.39. The number of aliphatic hydroxyl groups excluding tert-OH is 1. The van der Waals surface area contributed by atoms with Gasteiger partial charge in [-0.3, -0.25) is 0 Å². The SMILES string of the molecule is Cc1ccc(OCC(O)CSc2nc(C)cc(C)c2C#N)cc1. The summed E-state index contributed by atoms with van der Waals surface area (Å²) in [5.41, 5.74) is 3.52. The number of thioether (sulfide) groups is 1. The second kappa shape index (κ2) is 8.00. The lowest BCUT2D eigenvalue weighted by atomic mass is 10.1. The molecule has 1 unspecified atom stereocenters. The molecule has 0 aliphatic heterocycles. The van der Waals surface area contributed by atoms with Crippen LogP contribution in [-0.2, 0) is 0 Å². The number of aliphatic hydroxyl groups is 1. The normalized spacial score (nSPS) is 11.8. The minimum atomic E-state index is -0.629. The number of ether oxygens (including phenoxy) is 1. The number of nitrogens with zero attached hydrogens (tertiary/aromatic N) is 2. The molecule has 0 fully saturated rings. The Labute approximate surface area is 141 Å². The van der Waals surface area contributed by atoms with E-state index in [0.717, 1.165) is 17.0 Å². The highest BCUT2D eigenvalue weighted by atomic mass is 32.2. The molecule has 0 radical (unpaired) electrons. The van der Waals surface area contributed by atoms with E-state index in [9.17, 15) is 10.4 Å². The van der Waals surface area contributed by atoms with Gasteiger partial charge in [-0.15, -0.1) is 11.8 Å². The van der Waals surface area contributed by atoms with Crippen molar-refractivity contribution in [1.29, 1.82) is 5.26 Å². The molecule has 23 heavy (non-hydrogen) atoms. The van der Waals surface area contributed by atoms with Gasteiger partial charge in [0, 0.05) is 11.4 Å². The van der Waals surface area contributed by atoms with Crippen LogP contribution in [0.25, 0.3) is 0 Å². The number of hydrogen-bond donors (Lipinski definition) is 1. The lowest BCUT2D eigenvalue weighted by molar-refractivity contribution is 0.126. The Morgan fingerprint density at radius 2 is 1.96 bits per heavy atom. The minimum absolute atomic E-state index is 0.211. The quantitative estimate of drug-likeness (QED) is 0.823. The number of pyridine rings is 1. The number of hydrogen-bond acceptors (Lipinski definition) is 5. The molecule has 0 saturated heterocycles. The number of aryl methyl sites for hydroxylation is 3. The molecule has 1 heterocycles. The van der Waals surface area contributed by atoms with Gasteiger partial charge in [-0.25, -0.2) is 4.98 Å². The van der Waals surface area contributed by atoms with Gasteiger partial charge in [0.2, 0.25) is 0 Å². The Morgan fingerprint density at radius 3 is 2.61 bits per heavy atom. The molecule has 1 aromatic carbocycles. The predicted molar refractivity (Wildman–Crippen MR) is 91.8 cm³/mol. The fraction of sp³-hybridized carbons (Fsp3) is 0.333. The zero-order valence-corrected chi connectivity index (χ0v) is 14.4. The van der Waals surface area contributed by atoms with Crippen LogP contribution < -0.4 is 4.74 Å². The van der Waals surface area contributed by atoms with Gasteiger partial charge in [0.05, 0.1) is 11.7 Å². The van der Waals surface area contributed by atoms with E-state index in [4.69, 9.17) is 4.74 Å². The molecule has 5 heteroatoms. The van der Waals surface area contributed by atoms with Crippen LogP contribution in [-0.4, -0.2) is 28.6 Å². The fourth-order valence-electron chi connectivity index (χ4n) is 2.09. The van der Waals surface area contributed by atoms with Crippen molar-refractivity contribution in [3.8, 4) is 11.8 Å². The molecule has 1 atom stereocenters. The first kappa shape index (κ1) is 17.3. The van der Waals surface area contributed by atoms with Crippen LogP contribution in [0.5, 0.6) is 5.75 Å². The first-order valence-corrected chi connectivity index (χ1v) is 8.37. The minimum Gasteiger partial charge on any atom is -0.491 e. The summed E-state index contributed by atoms with van der Waals surface area (Å²) in [5, 5.41) is 20.0. The summed E-state index contributed by atoms with van der Waals surface area (Å²) >= 11 is 1.38. The Hall–Kier alpha value is -2.03. The maximum Gasteiger partial charge on any atom is 0.119 e. The number of nitriles is 1. The molecule has 0 spiro atoms. The third-order valence-corrected chi connectivity index (χ3v) is 4.42. The van der Waals surface area contributed by atoms with Gasteiger partial charge in [0.25, 0.3) is 0 Å². The standard InChI is InChI=1S/C18H20N2O2S/c1-12-4-6-16(7-5-12)22-10-15(21)11-23-18-17(9-19)13(2)8-14(3)20-18/h4-8,15,21H,10-11H2,1-3H3. The van der Waals surface area contributed by atoms with Crippen LogP contribution in [0.1, 0.15) is 22.4 Å². The van der Waals surface area contributed by atoms with Crippen LogP contribution in [0, 0.1) is 32.1 Å². The van der Waals surface area contributed by atoms with Crippen LogP contribution in [0.15, 0.2) is 35.4 Å². The Balaban J connectivity index is 1.91. The molecule has 0 saturated carbocycles. The van der Waals surface area contributed by atoms with Crippen molar-refractivity contribution >= 4 is 11.8 Å². The molecule has 4 nitrogen and oxygen atoms in total. The van der Waals surface area contributed by atoms with Gasteiger partial charge >= 0.3 is 0 Å². The first-order valence-electron chi connectivity index (χ1n) is 7.38. The van der Waals surface area contributed by atoms with Crippen molar-refractivity contribution < 1.29 is 9.84 Å². The Morgan fingerprint density at radius 1 is 1.26 bits per heavy atom. The highest BCUT2D eigenvalue weighted by Crippen LogP contribution is 2.24. The Kier molecular flexibility index (Phi) is 6.03. The van der Waals surface area contributed by atoms with Crippen LogP contribution in [0.4, 0.5) is 0 Å². The molecule has 1 N–H and O–H groups in total. The topological polar surface area (TPSA) is 66.1 Å². The summed E-state index contributed by atoms with van der Waals surface area (Å²) in [6.07, 6.45) is -0.629. The highest BCUT2D eigenvalue weighted by Gasteiger charge is 2.12. The molecule has 2 aromatic rings. The predicted octanol–water partition coefficient (Wildman–Crippen LogP) is 3.41. The fourth-order valence-corrected chi connectivity index (χ4v) is 3.10. The van der Waals surface area contributed by atoms with Gasteiger partial charge in [-0.05, 0) is 44.5 Å². The maximum absolute atomic E-state index is 10.1. The van der Waals surface area contributed by atoms with Gasteiger partial charge in [0.1, 0.15) is 23.5 Å². The summed E-state index contributed by atoms with van der Waals surface area (Å²) in [5.74, 6) is 1.16. The van der Waals surface area contributed by atoms with Crippen molar-refractivity contribution in [2.24, 2.45) is 0 Å². The smallest absolute Gasteiger partial charge is 0.119 e. The van der Waals surface area contributed by atoms with Crippen molar-refractivity contribution in [2.45, 2.75) is 31.9 Å². The number of aromatic nitrogens is 1. The molecule has 2 rings (SSSR count). The summed E-state index contributed by atoms with van der Waals surface area (Å²) in [7, 11) is 0. The summed E-state index contributed by atoms with van der Waals surface area (Å²) in [6, 6.07) is 11.8. The molecule has 0 bridgehead atoms. The number of rotatable bonds is 6. The summed E-state index contributed by atoms with van der Waals surface area (Å²) < 4.78 is 5.57. The monoisotopic (exact) mass is 328 g/mol. The molecular weight excluding hydrogens is 308 g/mol. The van der Waals surface area contributed by atoms with E-state index in [1.54, 1.807) is 0 Å². The van der Waals surface area contributed by atoms with Crippen molar-refractivity contribution in [3.05, 3.63) is 52.7 Å². The van der Waals surface area contributed by atoms with E-state index in [2.05, 4.69) is 11.1 Å². The molecule has 120 valence electrons. The van der Waals surface area contributed by atoms with Crippen molar-refractivity contribution in [3.63, 3.8) is 0 Å². The van der Waals surface area contributed by atoms with E-state index in [1.165, 1.54) is 17.3 Å². The first-order chi connectivity index (χ1) is 11.0. The van der Waals surface area contributed by atoms with Crippen LogP contribution in [0.3, 0.4) is 0 Å². The van der Waals surface area contributed by atoms with E-state index >= 15 is 0 Å². The van der Waals surface area contributed by atoms with E-state index in [-0.39, 0.29) is 6.61 Å². The third kappa shape index (κ3) is 4.98. The van der Waals surface area contributed by atoms with E-state index in [0.29, 0.717) is 16.3 Å². The summed E-state index contributed by atoms with van der Waals surface area (Å²) in [6.45, 7) is 6.02. The average molecular weight is 328 g/mol. The van der Waals surface area contributed by atoms with Gasteiger partial charge in [-0.2, -0.15) is 5.26 Å². The highest BCUT2D eigenvalue weighted by molar-refractivity contribution is 7.99. The van der Waals surface area contributed by atoms with Gasteiger partial charge < -0.3 is 9.84 Å². The number of benzene rings is 1. The van der Waals surface area contributed by atoms with Crippen molar-refractivity contribution in [2.75, 3.05) is 12.4 Å². The Bertz CT molecular complexity index is 708. The average Bonchev–Trinajstić information content (AvgIpc) is 2.52. The molecule has 0 aliphatic carbocycles.